The number of hydrogen-bond donors (Lipinski definition) is 1. The molecular formula is C22H15F4N3. The Morgan fingerprint density at radius 3 is 2.34 bits per heavy atom. The third-order valence-electron chi connectivity index (χ3n) is 4.55. The number of alkyl halides is 3. The Kier molecular flexibility index (Phi) is 4.88. The number of aromatic amines is 1. The molecule has 2 heterocycles. The maximum atomic E-state index is 14.1. The lowest BCUT2D eigenvalue weighted by atomic mass is 9.88. The Morgan fingerprint density at radius 2 is 1.66 bits per heavy atom. The predicted octanol–water partition coefficient (Wildman–Crippen LogP) is 6.01. The third kappa shape index (κ3) is 4.03. The molecule has 7 heteroatoms. The highest BCUT2D eigenvalue weighted by Crippen LogP contribution is 2.39. The standard InChI is InChI=1S/C22H15F4N3/c23-21-17-11-15(8-9-19(17)28-29-21)20(16-7-4-10-27-13-16)18(12-22(24,25)26)14-5-2-1-3-6-14/h1-11,13H,12H2,(H,28,29)/b20-18-. The first-order chi connectivity index (χ1) is 13.9. The molecule has 4 aromatic rings. The third-order valence-corrected chi connectivity index (χ3v) is 4.55. The molecule has 0 radical (unpaired) electrons. The number of H-pyrrole nitrogens is 1. The van der Waals surface area contributed by atoms with Crippen molar-refractivity contribution in [2.24, 2.45) is 0 Å². The van der Waals surface area contributed by atoms with Gasteiger partial charge in [0.25, 0.3) is 0 Å². The Hall–Kier alpha value is -3.48. The normalized spacial score (nSPS) is 12.8. The van der Waals surface area contributed by atoms with Crippen molar-refractivity contribution >= 4 is 22.0 Å². The number of allylic oxidation sites excluding steroid dienone is 1. The highest BCUT2D eigenvalue weighted by molar-refractivity contribution is 6.00. The zero-order valence-corrected chi connectivity index (χ0v) is 15.0. The molecule has 1 N–H and O–H groups in total. The number of aromatic nitrogens is 3. The summed E-state index contributed by atoms with van der Waals surface area (Å²) in [6.07, 6.45) is -2.51. The van der Waals surface area contributed by atoms with E-state index in [0.717, 1.165) is 0 Å². The Labute approximate surface area is 163 Å². The topological polar surface area (TPSA) is 41.6 Å². The summed E-state index contributed by atoms with van der Waals surface area (Å²) in [5.41, 5.74) is 2.25. The van der Waals surface area contributed by atoms with Gasteiger partial charge in [0.1, 0.15) is 0 Å². The van der Waals surface area contributed by atoms with Crippen molar-refractivity contribution in [3.05, 3.63) is 95.7 Å². The van der Waals surface area contributed by atoms with E-state index < -0.39 is 18.5 Å². The number of nitrogens with one attached hydrogen (secondary N) is 1. The van der Waals surface area contributed by atoms with E-state index in [4.69, 9.17) is 0 Å². The first-order valence-electron chi connectivity index (χ1n) is 8.82. The first kappa shape index (κ1) is 18.9. The molecule has 4 rings (SSSR count). The zero-order chi connectivity index (χ0) is 20.4. The van der Waals surface area contributed by atoms with Crippen molar-refractivity contribution in [1.29, 1.82) is 0 Å². The van der Waals surface area contributed by atoms with Gasteiger partial charge in [-0.2, -0.15) is 22.7 Å². The SMILES string of the molecule is Fc1[nH]nc2ccc(/C(=C(\CC(F)(F)F)c3ccccc3)c3cccnc3)cc12. The minimum atomic E-state index is -4.43. The van der Waals surface area contributed by atoms with E-state index in [9.17, 15) is 17.6 Å². The molecule has 2 aromatic heterocycles. The molecule has 0 aliphatic carbocycles. The number of nitrogens with zero attached hydrogens (tertiary/aromatic N) is 2. The number of hydrogen-bond acceptors (Lipinski definition) is 2. The smallest absolute Gasteiger partial charge is 0.264 e. The van der Waals surface area contributed by atoms with Crippen molar-refractivity contribution < 1.29 is 17.6 Å². The van der Waals surface area contributed by atoms with Crippen LogP contribution in [0.2, 0.25) is 0 Å². The van der Waals surface area contributed by atoms with Crippen LogP contribution in [0.15, 0.2) is 73.1 Å². The Bertz CT molecular complexity index is 1160. The summed E-state index contributed by atoms with van der Waals surface area (Å²) in [4.78, 5) is 4.07. The second-order valence-electron chi connectivity index (χ2n) is 6.52. The van der Waals surface area contributed by atoms with Crippen molar-refractivity contribution in [3.8, 4) is 0 Å². The van der Waals surface area contributed by atoms with Crippen LogP contribution in [0.1, 0.15) is 23.1 Å². The lowest BCUT2D eigenvalue weighted by Gasteiger charge is -2.18. The van der Waals surface area contributed by atoms with Gasteiger partial charge >= 0.3 is 6.18 Å². The summed E-state index contributed by atoms with van der Waals surface area (Å²) in [7, 11) is 0. The van der Waals surface area contributed by atoms with Crippen molar-refractivity contribution in [1.82, 2.24) is 15.2 Å². The molecule has 0 unspecified atom stereocenters. The summed E-state index contributed by atoms with van der Waals surface area (Å²) in [6, 6.07) is 16.5. The monoisotopic (exact) mass is 397 g/mol. The van der Waals surface area contributed by atoms with Gasteiger partial charge in [0, 0.05) is 18.0 Å². The van der Waals surface area contributed by atoms with Crippen LogP contribution in [0.25, 0.3) is 22.0 Å². The number of pyridine rings is 1. The predicted molar refractivity (Wildman–Crippen MR) is 103 cm³/mol. The molecule has 0 atom stereocenters. The van der Waals surface area contributed by atoms with Crippen LogP contribution in [0, 0.1) is 5.95 Å². The van der Waals surface area contributed by atoms with Gasteiger partial charge in [0.2, 0.25) is 5.95 Å². The quantitative estimate of drug-likeness (QED) is 0.339. The molecule has 29 heavy (non-hydrogen) atoms. The molecule has 0 fully saturated rings. The average Bonchev–Trinajstić information content (AvgIpc) is 3.09. The molecule has 0 aliphatic rings. The Balaban J connectivity index is 2.04. The van der Waals surface area contributed by atoms with Crippen molar-refractivity contribution in [2.45, 2.75) is 12.6 Å². The minimum absolute atomic E-state index is 0.0920. The summed E-state index contributed by atoms with van der Waals surface area (Å²) >= 11 is 0. The lowest BCUT2D eigenvalue weighted by Crippen LogP contribution is -2.10. The van der Waals surface area contributed by atoms with E-state index in [-0.39, 0.29) is 11.0 Å². The summed E-state index contributed by atoms with van der Waals surface area (Å²) < 4.78 is 54.6. The van der Waals surface area contributed by atoms with Gasteiger partial charge in [-0.3, -0.25) is 10.1 Å². The van der Waals surface area contributed by atoms with Gasteiger partial charge in [-0.15, -0.1) is 0 Å². The zero-order valence-electron chi connectivity index (χ0n) is 15.0. The summed E-state index contributed by atoms with van der Waals surface area (Å²) in [6.45, 7) is 0. The molecule has 0 bridgehead atoms. The molecular weight excluding hydrogens is 382 g/mol. The molecule has 3 nitrogen and oxygen atoms in total. The number of rotatable bonds is 4. The average molecular weight is 397 g/mol. The maximum Gasteiger partial charge on any atom is 0.393 e. The van der Waals surface area contributed by atoms with Gasteiger partial charge in [0.15, 0.2) is 0 Å². The minimum Gasteiger partial charge on any atom is -0.264 e. The van der Waals surface area contributed by atoms with Crippen LogP contribution in [0.5, 0.6) is 0 Å². The van der Waals surface area contributed by atoms with Crippen molar-refractivity contribution in [2.75, 3.05) is 0 Å². The van der Waals surface area contributed by atoms with E-state index in [2.05, 4.69) is 15.2 Å². The highest BCUT2D eigenvalue weighted by Gasteiger charge is 2.31. The number of halogens is 4. The van der Waals surface area contributed by atoms with Gasteiger partial charge in [-0.05, 0) is 40.5 Å². The van der Waals surface area contributed by atoms with Crippen LogP contribution in [-0.2, 0) is 0 Å². The second kappa shape index (κ2) is 7.50. The van der Waals surface area contributed by atoms with E-state index >= 15 is 0 Å². The van der Waals surface area contributed by atoms with Crippen LogP contribution >= 0.6 is 0 Å². The van der Waals surface area contributed by atoms with Gasteiger partial charge < -0.3 is 0 Å². The van der Waals surface area contributed by atoms with E-state index in [1.807, 2.05) is 0 Å². The van der Waals surface area contributed by atoms with Gasteiger partial charge in [-0.1, -0.05) is 42.5 Å². The summed E-state index contributed by atoms with van der Waals surface area (Å²) in [5, 5.41) is 6.31. The molecule has 0 aliphatic heterocycles. The van der Waals surface area contributed by atoms with Crippen LogP contribution in [0.3, 0.4) is 0 Å². The van der Waals surface area contributed by atoms with Gasteiger partial charge in [0.05, 0.1) is 17.3 Å². The fraction of sp³-hybridized carbons (Fsp3) is 0.0909. The van der Waals surface area contributed by atoms with E-state index in [1.54, 1.807) is 60.8 Å². The molecule has 2 aromatic carbocycles. The van der Waals surface area contributed by atoms with E-state index in [1.165, 1.54) is 12.3 Å². The Morgan fingerprint density at radius 1 is 0.897 bits per heavy atom. The van der Waals surface area contributed by atoms with Crippen LogP contribution in [-0.4, -0.2) is 21.4 Å². The molecule has 0 spiro atoms. The summed E-state index contributed by atoms with van der Waals surface area (Å²) in [5.74, 6) is -0.635. The molecule has 0 saturated carbocycles. The number of fused-ring (bicyclic) bond motifs is 1. The first-order valence-corrected chi connectivity index (χ1v) is 8.82. The second-order valence-corrected chi connectivity index (χ2v) is 6.52. The van der Waals surface area contributed by atoms with Crippen LogP contribution in [0.4, 0.5) is 17.6 Å². The van der Waals surface area contributed by atoms with E-state index in [0.29, 0.717) is 27.8 Å². The van der Waals surface area contributed by atoms with Crippen LogP contribution < -0.4 is 0 Å². The fourth-order valence-corrected chi connectivity index (χ4v) is 3.33. The maximum absolute atomic E-state index is 14.1. The van der Waals surface area contributed by atoms with Crippen molar-refractivity contribution in [3.63, 3.8) is 0 Å². The highest BCUT2D eigenvalue weighted by atomic mass is 19.4. The fourth-order valence-electron chi connectivity index (χ4n) is 3.33. The molecule has 0 saturated heterocycles. The van der Waals surface area contributed by atoms with Gasteiger partial charge in [-0.25, -0.2) is 0 Å². The number of benzene rings is 2. The lowest BCUT2D eigenvalue weighted by molar-refractivity contribution is -0.122. The molecule has 0 amide bonds. The molecule has 146 valence electrons. The largest absolute Gasteiger partial charge is 0.393 e.